The molecule has 2 fully saturated rings. The first-order valence-electron chi connectivity index (χ1n) is 10.4. The van der Waals surface area contributed by atoms with Crippen molar-refractivity contribution in [1.82, 2.24) is 4.90 Å². The molecule has 2 aliphatic rings. The van der Waals surface area contributed by atoms with Gasteiger partial charge in [-0.3, -0.25) is 4.79 Å². The fourth-order valence-electron chi connectivity index (χ4n) is 4.48. The topological polar surface area (TPSA) is 77.8 Å². The van der Waals surface area contributed by atoms with Crippen molar-refractivity contribution < 1.29 is 19.8 Å². The Morgan fingerprint density at radius 2 is 2.04 bits per heavy atom. The van der Waals surface area contributed by atoms with Crippen LogP contribution in [0.5, 0.6) is 0 Å². The van der Waals surface area contributed by atoms with E-state index in [9.17, 15) is 14.7 Å². The van der Waals surface area contributed by atoms with E-state index in [1.807, 2.05) is 17.0 Å². The quantitative estimate of drug-likeness (QED) is 0.634. The Kier molecular flexibility index (Phi) is 6.55. The van der Waals surface area contributed by atoms with E-state index in [0.717, 1.165) is 31.2 Å². The van der Waals surface area contributed by atoms with Crippen LogP contribution < -0.4 is 0 Å². The first-order valence-corrected chi connectivity index (χ1v) is 10.4. The molecule has 0 radical (unpaired) electrons. The van der Waals surface area contributed by atoms with Crippen molar-refractivity contribution in [1.29, 1.82) is 0 Å². The molecule has 28 heavy (non-hydrogen) atoms. The number of nitrogens with zero attached hydrogens (tertiary/aromatic N) is 1. The number of hydrogen-bond donors (Lipinski definition) is 2. The Balaban J connectivity index is 1.53. The van der Waals surface area contributed by atoms with Crippen LogP contribution >= 0.6 is 0 Å². The second kappa shape index (κ2) is 8.91. The van der Waals surface area contributed by atoms with Gasteiger partial charge in [-0.2, -0.15) is 0 Å². The summed E-state index contributed by atoms with van der Waals surface area (Å²) in [5.41, 5.74) is 1.41. The van der Waals surface area contributed by atoms with Gasteiger partial charge in [0.05, 0.1) is 17.7 Å². The third-order valence-corrected chi connectivity index (χ3v) is 6.69. The van der Waals surface area contributed by atoms with E-state index in [-0.39, 0.29) is 29.0 Å². The highest BCUT2D eigenvalue weighted by Crippen LogP contribution is 2.47. The van der Waals surface area contributed by atoms with Gasteiger partial charge >= 0.3 is 5.97 Å². The molecule has 5 heteroatoms. The maximum Gasteiger partial charge on any atom is 0.335 e. The van der Waals surface area contributed by atoms with E-state index < -0.39 is 5.97 Å². The van der Waals surface area contributed by atoms with Gasteiger partial charge in [-0.05, 0) is 61.6 Å². The summed E-state index contributed by atoms with van der Waals surface area (Å²) in [6.45, 7) is 2.79. The van der Waals surface area contributed by atoms with E-state index >= 15 is 0 Å². The van der Waals surface area contributed by atoms with E-state index in [1.165, 1.54) is 6.42 Å². The minimum Gasteiger partial charge on any atom is -0.478 e. The average molecular weight is 386 g/mol. The lowest BCUT2D eigenvalue weighted by Crippen LogP contribution is -2.40. The number of aromatic carboxylic acids is 1. The van der Waals surface area contributed by atoms with Crippen LogP contribution in [0.1, 0.15) is 67.8 Å². The highest BCUT2D eigenvalue weighted by atomic mass is 16.4. The SMILES string of the molecule is CCC1(C(O)CC=CC2CCC(=O)N2CCc2ccc(C(=O)O)cc2)CCC1. The van der Waals surface area contributed by atoms with Crippen molar-refractivity contribution in [2.75, 3.05) is 6.54 Å². The minimum atomic E-state index is -0.930. The Labute approximate surface area is 167 Å². The molecule has 1 aliphatic carbocycles. The Hall–Kier alpha value is -2.14. The molecule has 1 amide bonds. The van der Waals surface area contributed by atoms with Crippen molar-refractivity contribution in [2.24, 2.45) is 5.41 Å². The van der Waals surface area contributed by atoms with Crippen LogP contribution in [0.2, 0.25) is 0 Å². The van der Waals surface area contributed by atoms with Crippen molar-refractivity contribution in [3.63, 3.8) is 0 Å². The third-order valence-electron chi connectivity index (χ3n) is 6.69. The summed E-state index contributed by atoms with van der Waals surface area (Å²) in [4.78, 5) is 25.1. The summed E-state index contributed by atoms with van der Waals surface area (Å²) in [7, 11) is 0. The second-order valence-corrected chi connectivity index (χ2v) is 8.19. The molecule has 2 atom stereocenters. The monoisotopic (exact) mass is 385 g/mol. The molecule has 1 aromatic carbocycles. The zero-order chi connectivity index (χ0) is 20.1. The number of carboxylic acids is 1. The number of aliphatic hydroxyl groups is 1. The Bertz CT molecular complexity index is 715. The first-order chi connectivity index (χ1) is 13.4. The predicted octanol–water partition coefficient (Wildman–Crippen LogP) is 3.81. The normalized spacial score (nSPS) is 22.4. The van der Waals surface area contributed by atoms with Gasteiger partial charge in [-0.15, -0.1) is 0 Å². The van der Waals surface area contributed by atoms with Gasteiger partial charge in [0.1, 0.15) is 0 Å². The van der Waals surface area contributed by atoms with Gasteiger partial charge in [-0.25, -0.2) is 4.79 Å². The summed E-state index contributed by atoms with van der Waals surface area (Å²) in [6, 6.07) is 6.93. The minimum absolute atomic E-state index is 0.0944. The maximum absolute atomic E-state index is 12.3. The van der Waals surface area contributed by atoms with Crippen molar-refractivity contribution in [3.05, 3.63) is 47.5 Å². The smallest absolute Gasteiger partial charge is 0.335 e. The van der Waals surface area contributed by atoms with Crippen LogP contribution in [0.4, 0.5) is 0 Å². The summed E-state index contributed by atoms with van der Waals surface area (Å²) < 4.78 is 0. The molecule has 0 aromatic heterocycles. The molecule has 1 aromatic rings. The third kappa shape index (κ3) is 4.46. The molecule has 2 unspecified atom stereocenters. The molecule has 152 valence electrons. The van der Waals surface area contributed by atoms with Crippen molar-refractivity contribution in [3.8, 4) is 0 Å². The van der Waals surface area contributed by atoms with E-state index in [0.29, 0.717) is 25.8 Å². The Morgan fingerprint density at radius 3 is 2.61 bits per heavy atom. The molecule has 0 bridgehead atoms. The van der Waals surface area contributed by atoms with Crippen molar-refractivity contribution >= 4 is 11.9 Å². The van der Waals surface area contributed by atoms with Gasteiger partial charge in [0, 0.05) is 13.0 Å². The summed E-state index contributed by atoms with van der Waals surface area (Å²) in [5, 5.41) is 19.5. The largest absolute Gasteiger partial charge is 0.478 e. The molecular formula is C23H31NO4. The molecule has 3 rings (SSSR count). The molecule has 1 heterocycles. The van der Waals surface area contributed by atoms with Crippen LogP contribution in [0.15, 0.2) is 36.4 Å². The van der Waals surface area contributed by atoms with Gasteiger partial charge in [-0.1, -0.05) is 37.6 Å². The number of carbonyl (C=O) groups excluding carboxylic acids is 1. The van der Waals surface area contributed by atoms with Gasteiger partial charge in [0.15, 0.2) is 0 Å². The highest BCUT2D eigenvalue weighted by Gasteiger charge is 2.41. The Morgan fingerprint density at radius 1 is 1.32 bits per heavy atom. The molecule has 1 aliphatic heterocycles. The zero-order valence-corrected chi connectivity index (χ0v) is 16.6. The van der Waals surface area contributed by atoms with E-state index in [2.05, 4.69) is 19.1 Å². The zero-order valence-electron chi connectivity index (χ0n) is 16.6. The summed E-state index contributed by atoms with van der Waals surface area (Å²) in [6.07, 6.45) is 11.1. The van der Waals surface area contributed by atoms with Crippen LogP contribution in [-0.2, 0) is 11.2 Å². The van der Waals surface area contributed by atoms with E-state index in [1.54, 1.807) is 12.1 Å². The molecule has 0 spiro atoms. The van der Waals surface area contributed by atoms with E-state index in [4.69, 9.17) is 5.11 Å². The van der Waals surface area contributed by atoms with Crippen LogP contribution in [0.3, 0.4) is 0 Å². The molecule has 1 saturated heterocycles. The number of aliphatic hydroxyl groups excluding tert-OH is 1. The van der Waals surface area contributed by atoms with Crippen LogP contribution in [0.25, 0.3) is 0 Å². The lowest BCUT2D eigenvalue weighted by molar-refractivity contribution is -0.128. The van der Waals surface area contributed by atoms with Gasteiger partial charge in [0.2, 0.25) is 5.91 Å². The number of amides is 1. The molecular weight excluding hydrogens is 354 g/mol. The van der Waals surface area contributed by atoms with Crippen LogP contribution in [0, 0.1) is 5.41 Å². The lowest BCUT2D eigenvalue weighted by atomic mass is 9.63. The number of carboxylic acid groups (broad SMARTS) is 1. The number of carbonyl (C=O) groups is 2. The number of hydrogen-bond acceptors (Lipinski definition) is 3. The fraction of sp³-hybridized carbons (Fsp3) is 0.565. The van der Waals surface area contributed by atoms with Gasteiger partial charge in [0.25, 0.3) is 0 Å². The number of likely N-dealkylation sites (tertiary alicyclic amines) is 1. The number of benzene rings is 1. The number of rotatable bonds is 9. The lowest BCUT2D eigenvalue weighted by Gasteiger charge is -2.45. The average Bonchev–Trinajstić information content (AvgIpc) is 2.99. The predicted molar refractivity (Wildman–Crippen MR) is 108 cm³/mol. The fourth-order valence-corrected chi connectivity index (χ4v) is 4.48. The molecule has 1 saturated carbocycles. The molecule has 2 N–H and O–H groups in total. The molecule has 5 nitrogen and oxygen atoms in total. The first kappa shape index (κ1) is 20.6. The van der Waals surface area contributed by atoms with Gasteiger partial charge < -0.3 is 15.1 Å². The maximum atomic E-state index is 12.3. The second-order valence-electron chi connectivity index (χ2n) is 8.19. The standard InChI is InChI=1S/C23H31NO4/c1-2-23(14-4-15-23)20(25)6-3-5-19-11-12-21(26)24(19)16-13-17-7-9-18(10-8-17)22(27)28/h3,5,7-10,19-20,25H,2,4,6,11-16H2,1H3,(H,27,28). The highest BCUT2D eigenvalue weighted by molar-refractivity contribution is 5.87. The summed E-state index contributed by atoms with van der Waals surface area (Å²) >= 11 is 0. The summed E-state index contributed by atoms with van der Waals surface area (Å²) in [5.74, 6) is -0.762. The van der Waals surface area contributed by atoms with Crippen molar-refractivity contribution in [2.45, 2.75) is 70.4 Å². The van der Waals surface area contributed by atoms with Crippen LogP contribution in [-0.4, -0.2) is 45.7 Å².